The zero-order chi connectivity index (χ0) is 21.6. The number of hydrogen-bond donors (Lipinski definition) is 0. The summed E-state index contributed by atoms with van der Waals surface area (Å²) in [6.45, 7) is 0. The lowest BCUT2D eigenvalue weighted by atomic mass is 10.1. The van der Waals surface area contributed by atoms with Crippen LogP contribution in [-0.2, 0) is 14.9 Å². The Labute approximate surface area is 202 Å². The Morgan fingerprint density at radius 3 is 1.78 bits per heavy atom. The van der Waals surface area contributed by atoms with E-state index in [9.17, 15) is 44.1 Å². The molecule has 1 aromatic rings. The number of ether oxygens (including phenoxy) is 1. The second kappa shape index (κ2) is 8.69. The van der Waals surface area contributed by atoms with Crippen LogP contribution in [0.25, 0.3) is 0 Å². The van der Waals surface area contributed by atoms with Gasteiger partial charge in [0.15, 0.2) is 0 Å². The van der Waals surface area contributed by atoms with E-state index in [4.69, 9.17) is 0 Å². The third-order valence-electron chi connectivity index (χ3n) is 2.89. The van der Waals surface area contributed by atoms with Crippen molar-refractivity contribution in [1.29, 1.82) is 0 Å². The fourth-order valence-electron chi connectivity index (χ4n) is 1.65. The molecular formula is C11H3F6I4O5S-. The van der Waals surface area contributed by atoms with Gasteiger partial charge in [0.1, 0.15) is 0 Å². The summed E-state index contributed by atoms with van der Waals surface area (Å²) < 4.78 is 116. The van der Waals surface area contributed by atoms with E-state index in [0.717, 1.165) is 6.07 Å². The van der Waals surface area contributed by atoms with Gasteiger partial charge in [-0.15, -0.1) is 0 Å². The maximum Gasteiger partial charge on any atom is 0.438 e. The summed E-state index contributed by atoms with van der Waals surface area (Å²) in [7, 11) is -6.08. The number of rotatable bonds is 4. The van der Waals surface area contributed by atoms with Crippen LogP contribution >= 0.6 is 90.4 Å². The molecule has 1 aromatic carbocycles. The van der Waals surface area contributed by atoms with Gasteiger partial charge >= 0.3 is 23.9 Å². The van der Waals surface area contributed by atoms with Gasteiger partial charge in [-0.05, 0) is 96.4 Å². The molecule has 0 saturated heterocycles. The van der Waals surface area contributed by atoms with E-state index < -0.39 is 45.4 Å². The second-order valence-electron chi connectivity index (χ2n) is 4.76. The predicted molar refractivity (Wildman–Crippen MR) is 112 cm³/mol. The summed E-state index contributed by atoms with van der Waals surface area (Å²) in [6, 6.07) is 0.998. The molecule has 0 fully saturated rings. The Bertz CT molecular complexity index is 853. The molecule has 0 bridgehead atoms. The first-order valence-corrected chi connectivity index (χ1v) is 11.9. The molecule has 0 radical (unpaired) electrons. The zero-order valence-electron chi connectivity index (χ0n) is 12.0. The summed E-state index contributed by atoms with van der Waals surface area (Å²) in [5.74, 6) is -5.10. The lowest BCUT2D eigenvalue weighted by Gasteiger charge is -2.37. The van der Waals surface area contributed by atoms with E-state index in [1.807, 2.05) is 22.6 Å². The van der Waals surface area contributed by atoms with Crippen LogP contribution < -0.4 is 0 Å². The topological polar surface area (TPSA) is 83.5 Å². The van der Waals surface area contributed by atoms with Gasteiger partial charge in [0.25, 0.3) is 0 Å². The molecular weight excluding hydrogens is 866 g/mol. The average Bonchev–Trinajstić information content (AvgIpc) is 2.44. The van der Waals surface area contributed by atoms with E-state index in [2.05, 4.69) is 4.74 Å². The zero-order valence-corrected chi connectivity index (χ0v) is 21.5. The van der Waals surface area contributed by atoms with E-state index in [0.29, 0.717) is 10.7 Å². The smallest absolute Gasteiger partial charge is 0.438 e. The maximum absolute atomic E-state index is 13.2. The highest BCUT2D eigenvalue weighted by molar-refractivity contribution is 14.1. The standard InChI is InChI=1S/C11H4F6I4O5S/c12-10(13,14)9(11(15,16)17,2-27(23,24)25)26-8(22)3-1-4(18)6(20)7(21)5(3)19/h1H,2H2,(H,23,24,25)/p-1. The monoisotopic (exact) mass is 869 g/mol. The molecule has 0 amide bonds. The van der Waals surface area contributed by atoms with Crippen LogP contribution in [-0.4, -0.2) is 42.6 Å². The van der Waals surface area contributed by atoms with E-state index in [1.165, 1.54) is 22.6 Å². The number of halogens is 10. The number of hydrogen-bond acceptors (Lipinski definition) is 5. The van der Waals surface area contributed by atoms with Crippen LogP contribution in [0.2, 0.25) is 0 Å². The van der Waals surface area contributed by atoms with Gasteiger partial charge in [0.2, 0.25) is 0 Å². The van der Waals surface area contributed by atoms with Gasteiger partial charge in [0, 0.05) is 14.3 Å². The van der Waals surface area contributed by atoms with Crippen molar-refractivity contribution in [3.8, 4) is 0 Å². The van der Waals surface area contributed by atoms with Crippen LogP contribution in [0, 0.1) is 14.3 Å². The van der Waals surface area contributed by atoms with Crippen molar-refractivity contribution in [2.45, 2.75) is 18.0 Å². The maximum atomic E-state index is 13.2. The SMILES string of the molecule is O=C(OC(CS(=O)(=O)[O-])(C(F)(F)F)C(F)(F)F)c1cc(I)c(I)c(I)c1I. The highest BCUT2D eigenvalue weighted by atomic mass is 127. The first kappa shape index (κ1) is 26.1. The molecule has 1 rings (SSSR count). The molecule has 0 aliphatic carbocycles. The highest BCUT2D eigenvalue weighted by Crippen LogP contribution is 2.47. The molecule has 0 saturated carbocycles. The molecule has 0 unspecified atom stereocenters. The highest BCUT2D eigenvalue weighted by Gasteiger charge is 2.75. The minimum absolute atomic E-state index is 0.00578. The van der Waals surface area contributed by atoms with Crippen LogP contribution in [0.3, 0.4) is 0 Å². The quantitative estimate of drug-likeness (QED) is 0.110. The molecule has 0 atom stereocenters. The summed E-state index contributed by atoms with van der Waals surface area (Å²) in [4.78, 5) is 12.1. The Kier molecular flexibility index (Phi) is 8.41. The molecule has 0 aromatic heterocycles. The van der Waals surface area contributed by atoms with Crippen LogP contribution in [0.4, 0.5) is 26.3 Å². The van der Waals surface area contributed by atoms with Crippen molar-refractivity contribution in [3.05, 3.63) is 25.9 Å². The van der Waals surface area contributed by atoms with Crippen molar-refractivity contribution in [3.63, 3.8) is 0 Å². The van der Waals surface area contributed by atoms with Gasteiger partial charge < -0.3 is 9.29 Å². The fraction of sp³-hybridized carbons (Fsp3) is 0.364. The average molecular weight is 869 g/mol. The van der Waals surface area contributed by atoms with E-state index in [-0.39, 0.29) is 3.57 Å². The van der Waals surface area contributed by atoms with E-state index >= 15 is 0 Å². The number of benzene rings is 1. The fourth-order valence-corrected chi connectivity index (χ4v) is 5.80. The Hall–Kier alpha value is 1.10. The first-order valence-electron chi connectivity index (χ1n) is 5.97. The summed E-state index contributed by atoms with van der Waals surface area (Å²) in [5.41, 5.74) is -6.13. The Morgan fingerprint density at radius 1 is 0.963 bits per heavy atom. The third-order valence-corrected chi connectivity index (χ3v) is 10.9. The molecule has 0 heterocycles. The van der Waals surface area contributed by atoms with E-state index in [1.54, 1.807) is 45.2 Å². The molecule has 0 aliphatic rings. The molecule has 16 heteroatoms. The molecule has 27 heavy (non-hydrogen) atoms. The van der Waals surface area contributed by atoms with Gasteiger partial charge in [-0.3, -0.25) is 0 Å². The van der Waals surface area contributed by atoms with Gasteiger partial charge in [0.05, 0.1) is 21.4 Å². The lowest BCUT2D eigenvalue weighted by Crippen LogP contribution is -2.63. The van der Waals surface area contributed by atoms with Crippen molar-refractivity contribution < 1.29 is 48.8 Å². The van der Waals surface area contributed by atoms with Crippen molar-refractivity contribution in [2.24, 2.45) is 0 Å². The molecule has 0 N–H and O–H groups in total. The van der Waals surface area contributed by atoms with Crippen LogP contribution in [0.1, 0.15) is 10.4 Å². The van der Waals surface area contributed by atoms with Gasteiger partial charge in [-0.1, -0.05) is 0 Å². The number of alkyl halides is 6. The number of esters is 1. The molecule has 5 nitrogen and oxygen atoms in total. The van der Waals surface area contributed by atoms with Crippen molar-refractivity contribution >= 4 is 106 Å². The molecule has 0 aliphatic heterocycles. The lowest BCUT2D eigenvalue weighted by molar-refractivity contribution is -0.356. The first-order chi connectivity index (χ1) is 11.8. The minimum Gasteiger partial charge on any atom is -0.748 e. The largest absolute Gasteiger partial charge is 0.748 e. The summed E-state index contributed by atoms with van der Waals surface area (Å²) >= 11 is 6.81. The predicted octanol–water partition coefficient (Wildman–Crippen LogP) is 4.67. The summed E-state index contributed by atoms with van der Waals surface area (Å²) in [5, 5.41) is 0. The number of carbonyl (C=O) groups excluding carboxylic acids is 1. The summed E-state index contributed by atoms with van der Waals surface area (Å²) in [6.07, 6.45) is -12.8. The number of carbonyl (C=O) groups is 1. The Morgan fingerprint density at radius 2 is 1.41 bits per heavy atom. The van der Waals surface area contributed by atoms with Gasteiger partial charge in [-0.25, -0.2) is 13.2 Å². The molecule has 0 spiro atoms. The second-order valence-corrected chi connectivity index (χ2v) is 10.6. The third kappa shape index (κ3) is 5.83. The normalized spacial score (nSPS) is 13.6. The van der Waals surface area contributed by atoms with Gasteiger partial charge in [-0.2, -0.15) is 26.3 Å². The van der Waals surface area contributed by atoms with Crippen LogP contribution in [0.5, 0.6) is 0 Å². The Balaban J connectivity index is 3.63. The van der Waals surface area contributed by atoms with Crippen LogP contribution in [0.15, 0.2) is 6.07 Å². The van der Waals surface area contributed by atoms with Crippen molar-refractivity contribution in [1.82, 2.24) is 0 Å². The minimum atomic E-state index is -6.41. The van der Waals surface area contributed by atoms with Crippen molar-refractivity contribution in [2.75, 3.05) is 5.75 Å². The molecule has 154 valence electrons.